The van der Waals surface area contributed by atoms with E-state index in [1.165, 1.54) is 0 Å². The number of rotatable bonds is 5. The third kappa shape index (κ3) is 4.26. The number of nitrogens with zero attached hydrogens (tertiary/aromatic N) is 2. The summed E-state index contributed by atoms with van der Waals surface area (Å²) in [5.41, 5.74) is 0.00493. The van der Waals surface area contributed by atoms with Gasteiger partial charge in [-0.3, -0.25) is 9.69 Å². The minimum atomic E-state index is -0.792. The first-order valence-electron chi connectivity index (χ1n) is 6.23. The second-order valence-electron chi connectivity index (χ2n) is 5.54. The normalized spacial score (nSPS) is 21.4. The van der Waals surface area contributed by atoms with Crippen LogP contribution in [0.2, 0.25) is 0 Å². The van der Waals surface area contributed by atoms with Crippen LogP contribution >= 0.6 is 0 Å². The summed E-state index contributed by atoms with van der Waals surface area (Å²) in [6, 6.07) is -0.485. The van der Waals surface area contributed by atoms with Crippen LogP contribution in [0.5, 0.6) is 0 Å². The average Bonchev–Trinajstić information content (AvgIpc) is 2.26. The molecule has 5 heteroatoms. The van der Waals surface area contributed by atoms with Crippen molar-refractivity contribution in [2.24, 2.45) is 0 Å². The van der Waals surface area contributed by atoms with Gasteiger partial charge in [-0.15, -0.1) is 0 Å². The van der Waals surface area contributed by atoms with Gasteiger partial charge in [-0.1, -0.05) is 0 Å². The van der Waals surface area contributed by atoms with Gasteiger partial charge in [0.1, 0.15) is 6.04 Å². The third-order valence-corrected chi connectivity index (χ3v) is 3.57. The highest BCUT2D eigenvalue weighted by Gasteiger charge is 2.29. The Hall–Kier alpha value is -0.650. The van der Waals surface area contributed by atoms with Crippen molar-refractivity contribution in [3.8, 4) is 0 Å². The van der Waals surface area contributed by atoms with Gasteiger partial charge in [-0.2, -0.15) is 0 Å². The zero-order valence-electron chi connectivity index (χ0n) is 11.4. The predicted molar refractivity (Wildman–Crippen MR) is 68.2 cm³/mol. The van der Waals surface area contributed by atoms with E-state index in [-0.39, 0.29) is 5.54 Å². The molecule has 1 unspecified atom stereocenters. The van der Waals surface area contributed by atoms with Crippen molar-refractivity contribution in [2.45, 2.75) is 32.4 Å². The molecule has 1 saturated heterocycles. The van der Waals surface area contributed by atoms with Gasteiger partial charge in [0.25, 0.3) is 0 Å². The molecule has 0 bridgehead atoms. The fraction of sp³-hybridized carbons (Fsp3) is 0.917. The van der Waals surface area contributed by atoms with Gasteiger partial charge in [-0.25, -0.2) is 0 Å². The Balaban J connectivity index is 2.42. The molecule has 1 fully saturated rings. The zero-order chi connectivity index (χ0) is 13.1. The van der Waals surface area contributed by atoms with Gasteiger partial charge in [0.2, 0.25) is 0 Å². The monoisotopic (exact) mass is 243 g/mol. The summed E-state index contributed by atoms with van der Waals surface area (Å²) < 4.78 is 0. The van der Waals surface area contributed by atoms with Gasteiger partial charge in [0.15, 0.2) is 0 Å². The Kier molecular flexibility index (Phi) is 4.91. The molecule has 2 N–H and O–H groups in total. The summed E-state index contributed by atoms with van der Waals surface area (Å²) in [5, 5.41) is 11.9. The fourth-order valence-corrected chi connectivity index (χ4v) is 2.01. The lowest BCUT2D eigenvalue weighted by Gasteiger charge is -2.43. The smallest absolute Gasteiger partial charge is 0.320 e. The number of carbonyl (C=O) groups is 1. The van der Waals surface area contributed by atoms with Crippen LogP contribution in [0, 0.1) is 0 Å². The van der Waals surface area contributed by atoms with Crippen LogP contribution in [-0.2, 0) is 4.79 Å². The van der Waals surface area contributed by atoms with E-state index in [9.17, 15) is 4.79 Å². The van der Waals surface area contributed by atoms with Crippen LogP contribution in [0.4, 0.5) is 0 Å². The van der Waals surface area contributed by atoms with Crippen molar-refractivity contribution in [2.75, 3.05) is 39.8 Å². The number of carboxylic acids is 1. The highest BCUT2D eigenvalue weighted by Crippen LogP contribution is 2.15. The second-order valence-corrected chi connectivity index (χ2v) is 5.54. The van der Waals surface area contributed by atoms with Crippen molar-refractivity contribution in [1.82, 2.24) is 15.1 Å². The van der Waals surface area contributed by atoms with Crippen molar-refractivity contribution in [1.29, 1.82) is 0 Å². The number of aliphatic carboxylic acids is 1. The van der Waals surface area contributed by atoms with Gasteiger partial charge in [0, 0.05) is 38.3 Å². The molecule has 1 atom stereocenters. The van der Waals surface area contributed by atoms with Gasteiger partial charge >= 0.3 is 5.97 Å². The highest BCUT2D eigenvalue weighted by atomic mass is 16.4. The number of hydrogen-bond acceptors (Lipinski definition) is 4. The molecule has 5 nitrogen and oxygen atoms in total. The van der Waals surface area contributed by atoms with Crippen molar-refractivity contribution < 1.29 is 9.90 Å². The Morgan fingerprint density at radius 2 is 1.88 bits per heavy atom. The SMILES string of the molecule is CC(NCC(C)(C)N1CCN(C)CC1)C(=O)O. The highest BCUT2D eigenvalue weighted by molar-refractivity contribution is 5.72. The molecule has 100 valence electrons. The van der Waals surface area contributed by atoms with E-state index in [4.69, 9.17) is 5.11 Å². The van der Waals surface area contributed by atoms with Crippen LogP contribution in [0.15, 0.2) is 0 Å². The lowest BCUT2D eigenvalue weighted by Crippen LogP contribution is -2.58. The molecule has 0 aliphatic carbocycles. The van der Waals surface area contributed by atoms with E-state index in [1.54, 1.807) is 6.92 Å². The molecule has 1 aliphatic rings. The van der Waals surface area contributed by atoms with E-state index in [1.807, 2.05) is 0 Å². The lowest BCUT2D eigenvalue weighted by molar-refractivity contribution is -0.139. The average molecular weight is 243 g/mol. The van der Waals surface area contributed by atoms with Crippen LogP contribution in [-0.4, -0.2) is 72.2 Å². The Morgan fingerprint density at radius 3 is 2.35 bits per heavy atom. The molecule has 1 rings (SSSR count). The third-order valence-electron chi connectivity index (χ3n) is 3.57. The van der Waals surface area contributed by atoms with Crippen LogP contribution < -0.4 is 5.32 Å². The molecular weight excluding hydrogens is 218 g/mol. The molecule has 0 aromatic heterocycles. The summed E-state index contributed by atoms with van der Waals surface area (Å²) in [5.74, 6) is -0.792. The van der Waals surface area contributed by atoms with E-state index in [0.717, 1.165) is 26.2 Å². The summed E-state index contributed by atoms with van der Waals surface area (Å²) in [6.07, 6.45) is 0. The lowest BCUT2D eigenvalue weighted by atomic mass is 10.0. The zero-order valence-corrected chi connectivity index (χ0v) is 11.4. The number of hydrogen-bond donors (Lipinski definition) is 2. The maximum absolute atomic E-state index is 10.8. The molecule has 0 spiro atoms. The topological polar surface area (TPSA) is 55.8 Å². The first-order valence-corrected chi connectivity index (χ1v) is 6.23. The van der Waals surface area contributed by atoms with Crippen LogP contribution in [0.3, 0.4) is 0 Å². The van der Waals surface area contributed by atoms with Gasteiger partial charge in [0.05, 0.1) is 0 Å². The molecule has 0 saturated carbocycles. The Bertz CT molecular complexity index is 260. The van der Waals surface area contributed by atoms with Crippen molar-refractivity contribution in [3.63, 3.8) is 0 Å². The van der Waals surface area contributed by atoms with Gasteiger partial charge in [-0.05, 0) is 27.8 Å². The Labute approximate surface area is 104 Å². The van der Waals surface area contributed by atoms with E-state index >= 15 is 0 Å². The number of piperazine rings is 1. The standard InChI is InChI=1S/C12H25N3O2/c1-10(11(16)17)13-9-12(2,3)15-7-5-14(4)6-8-15/h10,13H,5-9H2,1-4H3,(H,16,17). The maximum atomic E-state index is 10.8. The molecule has 0 aromatic rings. The summed E-state index contributed by atoms with van der Waals surface area (Å²) in [7, 11) is 2.13. The minimum Gasteiger partial charge on any atom is -0.480 e. The molecule has 0 aromatic carbocycles. The Morgan fingerprint density at radius 1 is 1.35 bits per heavy atom. The largest absolute Gasteiger partial charge is 0.480 e. The summed E-state index contributed by atoms with van der Waals surface area (Å²) in [6.45, 7) is 11.0. The van der Waals surface area contributed by atoms with E-state index in [0.29, 0.717) is 6.54 Å². The van der Waals surface area contributed by atoms with Crippen molar-refractivity contribution in [3.05, 3.63) is 0 Å². The predicted octanol–water partition coefficient (Wildman–Crippen LogP) is 0.0751. The second kappa shape index (κ2) is 5.80. The van der Waals surface area contributed by atoms with Gasteiger partial charge < -0.3 is 15.3 Å². The fourth-order valence-electron chi connectivity index (χ4n) is 2.01. The first kappa shape index (κ1) is 14.4. The molecule has 0 amide bonds. The van der Waals surface area contributed by atoms with Crippen LogP contribution in [0.25, 0.3) is 0 Å². The van der Waals surface area contributed by atoms with Crippen molar-refractivity contribution >= 4 is 5.97 Å². The van der Waals surface area contributed by atoms with Crippen LogP contribution in [0.1, 0.15) is 20.8 Å². The molecule has 1 heterocycles. The van der Waals surface area contributed by atoms with E-state index < -0.39 is 12.0 Å². The molecule has 17 heavy (non-hydrogen) atoms. The first-order chi connectivity index (χ1) is 7.83. The molecular formula is C12H25N3O2. The molecule has 1 aliphatic heterocycles. The molecule has 0 radical (unpaired) electrons. The number of carboxylic acid groups (broad SMARTS) is 1. The quantitative estimate of drug-likeness (QED) is 0.716. The number of nitrogens with one attached hydrogen (secondary N) is 1. The number of likely N-dealkylation sites (N-methyl/N-ethyl adjacent to an activating group) is 1. The maximum Gasteiger partial charge on any atom is 0.320 e. The summed E-state index contributed by atoms with van der Waals surface area (Å²) in [4.78, 5) is 15.5. The summed E-state index contributed by atoms with van der Waals surface area (Å²) >= 11 is 0. The minimum absolute atomic E-state index is 0.00493. The van der Waals surface area contributed by atoms with E-state index in [2.05, 4.69) is 36.0 Å².